The summed E-state index contributed by atoms with van der Waals surface area (Å²) >= 11 is 5.37. The van der Waals surface area contributed by atoms with Gasteiger partial charge in [-0.15, -0.1) is 0 Å². The average Bonchev–Trinajstić information content (AvgIpc) is 2.54. The minimum Gasteiger partial charge on any atom is -0.497 e. The van der Waals surface area contributed by atoms with E-state index >= 15 is 0 Å². The Morgan fingerprint density at radius 2 is 1.77 bits per heavy atom. The predicted molar refractivity (Wildman–Crippen MR) is 94.8 cm³/mol. The Balaban J connectivity index is 1.98. The molecule has 2 rings (SSSR count). The summed E-state index contributed by atoms with van der Waals surface area (Å²) in [4.78, 5) is 0.631. The molecule has 0 unspecified atom stereocenters. The number of nitrogens with one attached hydrogen (secondary N) is 1. The lowest BCUT2D eigenvalue weighted by molar-refractivity contribution is 0.408. The van der Waals surface area contributed by atoms with Crippen LogP contribution in [0, 0.1) is 6.92 Å². The van der Waals surface area contributed by atoms with Crippen LogP contribution in [0.5, 0.6) is 11.5 Å². The van der Waals surface area contributed by atoms with Crippen LogP contribution in [0.4, 0.5) is 5.69 Å². The molecule has 0 spiro atoms. The minimum absolute atomic E-state index is 0.631. The third-order valence-electron chi connectivity index (χ3n) is 3.08. The second-order valence-electron chi connectivity index (χ2n) is 4.92. The van der Waals surface area contributed by atoms with E-state index in [1.54, 1.807) is 13.4 Å². The maximum Gasteiger partial charge on any atom is 0.130 e. The van der Waals surface area contributed by atoms with Gasteiger partial charge in [0.05, 0.1) is 13.4 Å². The number of ether oxygens (including phenoxy) is 2. The molecule has 0 aliphatic carbocycles. The second-order valence-corrected chi connectivity index (χ2v) is 5.33. The summed E-state index contributed by atoms with van der Waals surface area (Å²) in [6.07, 6.45) is 1.64. The van der Waals surface area contributed by atoms with Crippen LogP contribution in [-0.4, -0.2) is 12.1 Å². The summed E-state index contributed by atoms with van der Waals surface area (Å²) < 4.78 is 10.8. The van der Waals surface area contributed by atoms with Crippen LogP contribution < -0.4 is 14.8 Å². The first-order valence-corrected chi connectivity index (χ1v) is 7.35. The van der Waals surface area contributed by atoms with Gasteiger partial charge in [-0.2, -0.15) is 0 Å². The lowest BCUT2D eigenvalue weighted by atomic mass is 10.2. The number of methoxy groups -OCH3 is 1. The first-order valence-electron chi connectivity index (χ1n) is 6.94. The third kappa shape index (κ3) is 4.60. The average molecular weight is 313 g/mol. The molecule has 0 fully saturated rings. The molecule has 0 aromatic heterocycles. The molecule has 0 saturated heterocycles. The van der Waals surface area contributed by atoms with Gasteiger partial charge in [0, 0.05) is 17.3 Å². The highest BCUT2D eigenvalue weighted by atomic mass is 32.1. The monoisotopic (exact) mass is 313 g/mol. The number of rotatable bonds is 5. The molecule has 0 bridgehead atoms. The number of thiocarbonyl (C=S) groups is 1. The fourth-order valence-corrected chi connectivity index (χ4v) is 1.92. The van der Waals surface area contributed by atoms with Crippen molar-refractivity contribution in [2.45, 2.75) is 13.8 Å². The molecule has 22 heavy (non-hydrogen) atoms. The Morgan fingerprint density at radius 1 is 1.09 bits per heavy atom. The zero-order chi connectivity index (χ0) is 15.9. The molecule has 2 aromatic rings. The van der Waals surface area contributed by atoms with Gasteiger partial charge in [-0.05, 0) is 38.1 Å². The van der Waals surface area contributed by atoms with Gasteiger partial charge < -0.3 is 14.8 Å². The highest BCUT2D eigenvalue weighted by molar-refractivity contribution is 7.81. The fraction of sp³-hybridized carbons (Fsp3) is 0.167. The summed E-state index contributed by atoms with van der Waals surface area (Å²) in [5.41, 5.74) is 3.02. The van der Waals surface area contributed by atoms with Crippen molar-refractivity contribution in [2.24, 2.45) is 0 Å². The maximum absolute atomic E-state index is 5.62. The molecule has 0 radical (unpaired) electrons. The van der Waals surface area contributed by atoms with Crippen molar-refractivity contribution in [3.8, 4) is 11.5 Å². The lowest BCUT2D eigenvalue weighted by Crippen LogP contribution is -2.10. The van der Waals surface area contributed by atoms with E-state index in [4.69, 9.17) is 21.7 Å². The maximum atomic E-state index is 5.62. The smallest absolute Gasteiger partial charge is 0.130 e. The van der Waals surface area contributed by atoms with Gasteiger partial charge in [0.1, 0.15) is 16.5 Å². The van der Waals surface area contributed by atoms with E-state index in [1.165, 1.54) is 5.56 Å². The highest BCUT2D eigenvalue weighted by Gasteiger charge is 2.02. The quantitative estimate of drug-likeness (QED) is 0.491. The first-order chi connectivity index (χ1) is 10.6. The summed E-state index contributed by atoms with van der Waals surface area (Å²) in [5.74, 6) is 1.46. The van der Waals surface area contributed by atoms with Gasteiger partial charge in [0.15, 0.2) is 0 Å². The molecular weight excluding hydrogens is 294 g/mol. The number of anilines is 1. The molecule has 0 saturated carbocycles. The molecule has 4 heteroatoms. The van der Waals surface area contributed by atoms with Crippen LogP contribution in [-0.2, 0) is 0 Å². The predicted octanol–water partition coefficient (Wildman–Crippen LogP) is 4.73. The van der Waals surface area contributed by atoms with Crippen LogP contribution in [0.2, 0.25) is 0 Å². The van der Waals surface area contributed by atoms with Gasteiger partial charge in [-0.1, -0.05) is 36.0 Å². The van der Waals surface area contributed by atoms with E-state index in [0.717, 1.165) is 17.0 Å². The minimum atomic E-state index is 0.631. The first kappa shape index (κ1) is 16.0. The molecule has 0 aliphatic rings. The summed E-state index contributed by atoms with van der Waals surface area (Å²) in [6.45, 7) is 3.96. The van der Waals surface area contributed by atoms with Crippen LogP contribution in [0.3, 0.4) is 0 Å². The van der Waals surface area contributed by atoms with E-state index in [0.29, 0.717) is 10.7 Å². The van der Waals surface area contributed by atoms with Crippen molar-refractivity contribution in [3.05, 3.63) is 65.9 Å². The highest BCUT2D eigenvalue weighted by Crippen LogP contribution is 2.19. The third-order valence-corrected chi connectivity index (χ3v) is 3.50. The molecule has 1 N–H and O–H groups in total. The van der Waals surface area contributed by atoms with E-state index in [9.17, 15) is 0 Å². The fourth-order valence-electron chi connectivity index (χ4n) is 1.75. The van der Waals surface area contributed by atoms with Crippen molar-refractivity contribution >= 4 is 22.9 Å². The van der Waals surface area contributed by atoms with Crippen molar-refractivity contribution in [1.82, 2.24) is 0 Å². The summed E-state index contributed by atoms with van der Waals surface area (Å²) in [5, 5.41) is 3.19. The molecular formula is C18H19NO2S. The Labute approximate surface area is 136 Å². The molecule has 3 nitrogen and oxygen atoms in total. The summed E-state index contributed by atoms with van der Waals surface area (Å²) in [6, 6.07) is 15.5. The van der Waals surface area contributed by atoms with Gasteiger partial charge in [0.2, 0.25) is 0 Å². The van der Waals surface area contributed by atoms with E-state index in [-0.39, 0.29) is 0 Å². The SMILES string of the molecule is COc1cccc(O/C=C(\C)C(=S)Nc2ccc(C)cc2)c1. The number of aryl methyl sites for hydroxylation is 1. The lowest BCUT2D eigenvalue weighted by Gasteiger charge is -2.09. The van der Waals surface area contributed by atoms with E-state index in [1.807, 2.05) is 55.5 Å². The molecule has 0 atom stereocenters. The van der Waals surface area contributed by atoms with Crippen LogP contribution in [0.25, 0.3) is 0 Å². The number of hydrogen-bond acceptors (Lipinski definition) is 3. The Kier molecular flexibility index (Phi) is 5.55. The topological polar surface area (TPSA) is 30.5 Å². The second kappa shape index (κ2) is 7.61. The Bertz CT molecular complexity index is 678. The van der Waals surface area contributed by atoms with Crippen LogP contribution in [0.15, 0.2) is 60.4 Å². The number of hydrogen-bond donors (Lipinski definition) is 1. The normalized spacial score (nSPS) is 11.0. The van der Waals surface area contributed by atoms with Crippen molar-refractivity contribution in [1.29, 1.82) is 0 Å². The Morgan fingerprint density at radius 3 is 2.45 bits per heavy atom. The van der Waals surface area contributed by atoms with Crippen molar-refractivity contribution in [2.75, 3.05) is 12.4 Å². The number of benzene rings is 2. The van der Waals surface area contributed by atoms with Gasteiger partial charge >= 0.3 is 0 Å². The molecule has 114 valence electrons. The van der Waals surface area contributed by atoms with Crippen molar-refractivity contribution < 1.29 is 9.47 Å². The van der Waals surface area contributed by atoms with E-state index in [2.05, 4.69) is 12.2 Å². The van der Waals surface area contributed by atoms with Crippen LogP contribution >= 0.6 is 12.2 Å². The van der Waals surface area contributed by atoms with Crippen LogP contribution in [0.1, 0.15) is 12.5 Å². The van der Waals surface area contributed by atoms with Gasteiger partial charge in [-0.25, -0.2) is 0 Å². The molecule has 0 aliphatic heterocycles. The zero-order valence-electron chi connectivity index (χ0n) is 12.9. The zero-order valence-corrected chi connectivity index (χ0v) is 13.7. The largest absolute Gasteiger partial charge is 0.497 e. The molecule has 2 aromatic carbocycles. The Hall–Kier alpha value is -2.33. The molecule has 0 heterocycles. The van der Waals surface area contributed by atoms with Crippen molar-refractivity contribution in [3.63, 3.8) is 0 Å². The van der Waals surface area contributed by atoms with Gasteiger partial charge in [0.25, 0.3) is 0 Å². The molecule has 0 amide bonds. The summed E-state index contributed by atoms with van der Waals surface area (Å²) in [7, 11) is 1.63. The van der Waals surface area contributed by atoms with Gasteiger partial charge in [-0.3, -0.25) is 0 Å². The standard InChI is InChI=1S/C18H19NO2S/c1-13-7-9-15(10-8-13)19-18(22)14(2)12-21-17-6-4-5-16(11-17)20-3/h4-12H,1-3H3,(H,19,22)/b14-12+. The van der Waals surface area contributed by atoms with E-state index < -0.39 is 0 Å².